The van der Waals surface area contributed by atoms with E-state index in [0.29, 0.717) is 43.3 Å². The number of aryl methyl sites for hydroxylation is 1. The van der Waals surface area contributed by atoms with E-state index in [-0.39, 0.29) is 29.5 Å². The molecule has 1 saturated heterocycles. The van der Waals surface area contributed by atoms with E-state index in [1.807, 2.05) is 24.3 Å². The smallest absolute Gasteiger partial charge is 0.270 e. The SMILES string of the molecule is COc1cccc(CNC(=O)c2cc(C3=NOC(C4CCN(C(=O)CO)CC4)C3)nc(C)n2)c1. The molecule has 4 rings (SSSR count). The molecule has 2 amide bonds. The number of hydrogen-bond acceptors (Lipinski definition) is 8. The molecule has 2 N–H and O–H groups in total. The summed E-state index contributed by atoms with van der Waals surface area (Å²) in [6.07, 6.45) is 2.07. The standard InChI is InChI=1S/C24H29N5O5/c1-15-26-19(11-21(27-15)24(32)25-13-16-4-3-5-18(10-16)33-2)20-12-22(34-28-20)17-6-8-29(9-7-17)23(31)14-30/h3-5,10-11,17,22,30H,6-9,12-14H2,1-2H3,(H,25,32). The molecule has 0 aliphatic carbocycles. The van der Waals surface area contributed by atoms with Gasteiger partial charge in [-0.25, -0.2) is 9.97 Å². The summed E-state index contributed by atoms with van der Waals surface area (Å²) in [5.41, 5.74) is 2.45. The molecule has 2 aliphatic heterocycles. The average molecular weight is 468 g/mol. The maximum atomic E-state index is 12.8. The third-order valence-electron chi connectivity index (χ3n) is 6.20. The van der Waals surface area contributed by atoms with Crippen molar-refractivity contribution >= 4 is 17.5 Å². The number of nitrogens with zero attached hydrogens (tertiary/aromatic N) is 4. The van der Waals surface area contributed by atoms with Gasteiger partial charge in [-0.1, -0.05) is 17.3 Å². The number of piperidine rings is 1. The second kappa shape index (κ2) is 10.6. The fourth-order valence-corrected chi connectivity index (χ4v) is 4.31. The van der Waals surface area contributed by atoms with Crippen LogP contribution in [0.15, 0.2) is 35.5 Å². The molecule has 2 aromatic rings. The van der Waals surface area contributed by atoms with Crippen molar-refractivity contribution in [1.82, 2.24) is 20.2 Å². The minimum Gasteiger partial charge on any atom is -0.497 e. The molecular weight excluding hydrogens is 438 g/mol. The maximum absolute atomic E-state index is 12.8. The highest BCUT2D eigenvalue weighted by Gasteiger charge is 2.34. The Morgan fingerprint density at radius 2 is 2.03 bits per heavy atom. The molecule has 10 nitrogen and oxygen atoms in total. The van der Waals surface area contributed by atoms with Gasteiger partial charge >= 0.3 is 0 Å². The van der Waals surface area contributed by atoms with Crippen molar-refractivity contribution in [1.29, 1.82) is 0 Å². The molecular formula is C24H29N5O5. The first-order chi connectivity index (χ1) is 16.5. The first-order valence-corrected chi connectivity index (χ1v) is 11.4. The monoisotopic (exact) mass is 467 g/mol. The number of carbonyl (C=O) groups excluding carboxylic acids is 2. The van der Waals surface area contributed by atoms with E-state index in [1.165, 1.54) is 0 Å². The van der Waals surface area contributed by atoms with E-state index in [1.54, 1.807) is 25.0 Å². The summed E-state index contributed by atoms with van der Waals surface area (Å²) in [5, 5.41) is 16.2. The number of nitrogens with one attached hydrogen (secondary N) is 1. The summed E-state index contributed by atoms with van der Waals surface area (Å²) in [4.78, 5) is 40.6. The zero-order chi connectivity index (χ0) is 24.1. The summed E-state index contributed by atoms with van der Waals surface area (Å²) in [6, 6.07) is 9.14. The van der Waals surface area contributed by atoms with Crippen LogP contribution in [-0.2, 0) is 16.2 Å². The fourth-order valence-electron chi connectivity index (χ4n) is 4.31. The van der Waals surface area contributed by atoms with Gasteiger partial charge in [-0.05, 0) is 43.5 Å². The van der Waals surface area contributed by atoms with Gasteiger partial charge in [-0.2, -0.15) is 0 Å². The van der Waals surface area contributed by atoms with Gasteiger partial charge in [-0.15, -0.1) is 0 Å². The van der Waals surface area contributed by atoms with Gasteiger partial charge in [0.2, 0.25) is 5.91 Å². The van der Waals surface area contributed by atoms with Crippen molar-refractivity contribution in [3.8, 4) is 5.75 Å². The number of aromatic nitrogens is 2. The van der Waals surface area contributed by atoms with Crippen molar-refractivity contribution in [2.24, 2.45) is 11.1 Å². The molecule has 0 radical (unpaired) electrons. The number of oxime groups is 1. The van der Waals surface area contributed by atoms with E-state index >= 15 is 0 Å². The minimum absolute atomic E-state index is 0.0954. The molecule has 1 fully saturated rings. The second-order valence-corrected chi connectivity index (χ2v) is 8.48. The van der Waals surface area contributed by atoms with Crippen LogP contribution in [0.3, 0.4) is 0 Å². The zero-order valence-corrected chi connectivity index (χ0v) is 19.4. The number of hydrogen-bond donors (Lipinski definition) is 2. The van der Waals surface area contributed by atoms with Crippen LogP contribution < -0.4 is 10.1 Å². The van der Waals surface area contributed by atoms with E-state index in [2.05, 4.69) is 20.4 Å². The molecule has 1 aromatic carbocycles. The van der Waals surface area contributed by atoms with Crippen molar-refractivity contribution in [3.63, 3.8) is 0 Å². The van der Waals surface area contributed by atoms with Crippen LogP contribution >= 0.6 is 0 Å². The summed E-state index contributed by atoms with van der Waals surface area (Å²) in [5.74, 6) is 0.929. The molecule has 0 spiro atoms. The highest BCUT2D eigenvalue weighted by atomic mass is 16.6. The lowest BCUT2D eigenvalue weighted by molar-refractivity contribution is -0.136. The largest absolute Gasteiger partial charge is 0.497 e. The van der Waals surface area contributed by atoms with Crippen LogP contribution in [-0.4, -0.2) is 70.4 Å². The Morgan fingerprint density at radius 1 is 1.24 bits per heavy atom. The number of methoxy groups -OCH3 is 1. The van der Waals surface area contributed by atoms with E-state index in [0.717, 1.165) is 24.2 Å². The molecule has 180 valence electrons. The van der Waals surface area contributed by atoms with Gasteiger partial charge in [0, 0.05) is 32.0 Å². The van der Waals surface area contributed by atoms with Gasteiger partial charge < -0.3 is 24.9 Å². The number of aliphatic hydroxyl groups excluding tert-OH is 1. The van der Waals surface area contributed by atoms with Crippen LogP contribution in [0.5, 0.6) is 5.75 Å². The molecule has 1 aromatic heterocycles. The Kier molecular flexibility index (Phi) is 7.36. The lowest BCUT2D eigenvalue weighted by Gasteiger charge is -2.33. The number of amides is 2. The molecule has 10 heteroatoms. The van der Waals surface area contributed by atoms with Crippen molar-refractivity contribution < 1.29 is 24.3 Å². The molecule has 1 unspecified atom stereocenters. The Labute approximate surface area is 198 Å². The van der Waals surface area contributed by atoms with Gasteiger partial charge in [0.1, 0.15) is 35.7 Å². The first kappa shape index (κ1) is 23.6. The van der Waals surface area contributed by atoms with Crippen molar-refractivity contribution in [3.05, 3.63) is 53.1 Å². The lowest BCUT2D eigenvalue weighted by atomic mass is 9.88. The summed E-state index contributed by atoms with van der Waals surface area (Å²) >= 11 is 0. The van der Waals surface area contributed by atoms with Gasteiger partial charge in [-0.3, -0.25) is 9.59 Å². The van der Waals surface area contributed by atoms with Crippen LogP contribution in [0.2, 0.25) is 0 Å². The number of carbonyl (C=O) groups is 2. The number of aliphatic hydroxyl groups is 1. The van der Waals surface area contributed by atoms with Crippen LogP contribution in [0.25, 0.3) is 0 Å². The third-order valence-corrected chi connectivity index (χ3v) is 6.20. The van der Waals surface area contributed by atoms with E-state index < -0.39 is 6.61 Å². The third kappa shape index (κ3) is 5.51. The number of ether oxygens (including phenoxy) is 1. The summed E-state index contributed by atoms with van der Waals surface area (Å²) in [6.45, 7) is 2.83. The summed E-state index contributed by atoms with van der Waals surface area (Å²) < 4.78 is 5.22. The Hall–Kier alpha value is -3.53. The van der Waals surface area contributed by atoms with Gasteiger partial charge in [0.25, 0.3) is 5.91 Å². The normalized spacial score (nSPS) is 18.3. The molecule has 1 atom stereocenters. The Morgan fingerprint density at radius 3 is 2.76 bits per heavy atom. The fraction of sp³-hybridized carbons (Fsp3) is 0.458. The molecule has 2 aliphatic rings. The van der Waals surface area contributed by atoms with Gasteiger partial charge in [0.15, 0.2) is 0 Å². The minimum atomic E-state index is -0.458. The summed E-state index contributed by atoms with van der Waals surface area (Å²) in [7, 11) is 1.60. The second-order valence-electron chi connectivity index (χ2n) is 8.48. The van der Waals surface area contributed by atoms with Gasteiger partial charge in [0.05, 0.1) is 12.8 Å². The predicted molar refractivity (Wildman–Crippen MR) is 123 cm³/mol. The van der Waals surface area contributed by atoms with E-state index in [4.69, 9.17) is 14.7 Å². The topological polar surface area (TPSA) is 126 Å². The Bertz CT molecular complexity index is 1080. The molecule has 0 bridgehead atoms. The molecule has 0 saturated carbocycles. The molecule has 3 heterocycles. The van der Waals surface area contributed by atoms with Crippen molar-refractivity contribution in [2.45, 2.75) is 38.8 Å². The highest BCUT2D eigenvalue weighted by molar-refractivity contribution is 6.01. The number of likely N-dealkylation sites (tertiary alicyclic amines) is 1. The lowest BCUT2D eigenvalue weighted by Crippen LogP contribution is -2.42. The Balaban J connectivity index is 1.36. The quantitative estimate of drug-likeness (QED) is 0.631. The predicted octanol–water partition coefficient (Wildman–Crippen LogP) is 1.45. The average Bonchev–Trinajstić information content (AvgIpc) is 3.37. The van der Waals surface area contributed by atoms with Crippen molar-refractivity contribution in [2.75, 3.05) is 26.8 Å². The number of benzene rings is 1. The molecule has 34 heavy (non-hydrogen) atoms. The van der Waals surface area contributed by atoms with Crippen LogP contribution in [0.4, 0.5) is 0 Å². The zero-order valence-electron chi connectivity index (χ0n) is 19.4. The first-order valence-electron chi connectivity index (χ1n) is 11.4. The maximum Gasteiger partial charge on any atom is 0.270 e. The van der Waals surface area contributed by atoms with Crippen LogP contribution in [0, 0.1) is 12.8 Å². The highest BCUT2D eigenvalue weighted by Crippen LogP contribution is 2.29. The van der Waals surface area contributed by atoms with E-state index in [9.17, 15) is 9.59 Å². The number of rotatable bonds is 7. The van der Waals surface area contributed by atoms with Crippen LogP contribution in [0.1, 0.15) is 46.8 Å².